The van der Waals surface area contributed by atoms with Crippen molar-refractivity contribution < 1.29 is 4.79 Å². The number of H-pyrrole nitrogens is 1. The van der Waals surface area contributed by atoms with E-state index in [1.807, 2.05) is 30.7 Å². The van der Waals surface area contributed by atoms with Crippen LogP contribution in [0.1, 0.15) is 36.0 Å². The molecule has 6 rings (SSSR count). The highest BCUT2D eigenvalue weighted by Crippen LogP contribution is 2.29. The number of likely N-dealkylation sites (tertiary alicyclic amines) is 2. The number of carbonyl (C=O) groups is 1. The number of nitrogens with zero attached hydrogens (tertiary/aromatic N) is 6. The molecule has 2 saturated heterocycles. The molecule has 1 amide bonds. The van der Waals surface area contributed by atoms with Crippen molar-refractivity contribution in [1.29, 1.82) is 0 Å². The van der Waals surface area contributed by atoms with Crippen LogP contribution in [0.3, 0.4) is 0 Å². The van der Waals surface area contributed by atoms with Crippen LogP contribution < -0.4 is 10.6 Å². The third-order valence-corrected chi connectivity index (χ3v) is 7.61. The molecule has 3 N–H and O–H groups in total. The normalized spacial score (nSPS) is 18.7. The molecule has 0 aromatic carbocycles. The molecule has 0 saturated carbocycles. The molecule has 0 bridgehead atoms. The van der Waals surface area contributed by atoms with Crippen LogP contribution in [0, 0.1) is 0 Å². The van der Waals surface area contributed by atoms with Crippen LogP contribution >= 0.6 is 0 Å². The summed E-state index contributed by atoms with van der Waals surface area (Å²) < 4.78 is 1.75. The number of amides is 1. The quantitative estimate of drug-likeness (QED) is 0.397. The molecular weight excluding hydrogens is 454 g/mol. The number of piperidine rings is 2. The van der Waals surface area contributed by atoms with E-state index in [1.165, 1.54) is 0 Å². The van der Waals surface area contributed by atoms with Crippen molar-refractivity contribution in [3.8, 4) is 11.1 Å². The van der Waals surface area contributed by atoms with Gasteiger partial charge in [-0.15, -0.1) is 0 Å². The predicted octanol–water partition coefficient (Wildman–Crippen LogP) is 2.60. The van der Waals surface area contributed by atoms with Crippen LogP contribution in [0.15, 0.2) is 36.9 Å². The van der Waals surface area contributed by atoms with Crippen LogP contribution in [-0.2, 0) is 0 Å². The van der Waals surface area contributed by atoms with Gasteiger partial charge in [-0.05, 0) is 83.7 Å². The number of carbonyl (C=O) groups excluding carboxylic acids is 1. The number of hydrogen-bond acceptors (Lipinski definition) is 7. The van der Waals surface area contributed by atoms with Crippen LogP contribution in [0.4, 0.5) is 5.95 Å². The maximum atomic E-state index is 13.1. The Morgan fingerprint density at radius 3 is 2.50 bits per heavy atom. The number of anilines is 1. The lowest BCUT2D eigenvalue weighted by Gasteiger charge is -2.29. The Hall–Kier alpha value is -3.50. The van der Waals surface area contributed by atoms with Gasteiger partial charge < -0.3 is 25.4 Å². The fourth-order valence-electron chi connectivity index (χ4n) is 5.29. The summed E-state index contributed by atoms with van der Waals surface area (Å²) in [5.41, 5.74) is 4.16. The molecule has 10 heteroatoms. The Balaban J connectivity index is 1.23. The van der Waals surface area contributed by atoms with Crippen molar-refractivity contribution in [2.24, 2.45) is 0 Å². The van der Waals surface area contributed by atoms with Crippen LogP contribution in [0.5, 0.6) is 0 Å². The zero-order valence-electron chi connectivity index (χ0n) is 20.9. The van der Waals surface area contributed by atoms with Gasteiger partial charge in [-0.2, -0.15) is 10.1 Å². The highest BCUT2D eigenvalue weighted by molar-refractivity contribution is 6.02. The Morgan fingerprint density at radius 1 is 1.03 bits per heavy atom. The predicted molar refractivity (Wildman–Crippen MR) is 140 cm³/mol. The van der Waals surface area contributed by atoms with Crippen molar-refractivity contribution in [3.63, 3.8) is 0 Å². The van der Waals surface area contributed by atoms with E-state index < -0.39 is 0 Å². The molecule has 0 atom stereocenters. The second-order valence-corrected chi connectivity index (χ2v) is 10.2. The molecule has 0 radical (unpaired) electrons. The minimum Gasteiger partial charge on any atom is -0.351 e. The molecule has 0 spiro atoms. The van der Waals surface area contributed by atoms with Gasteiger partial charge in [0.25, 0.3) is 5.91 Å². The lowest BCUT2D eigenvalue weighted by molar-refractivity contribution is 0.0918. The minimum atomic E-state index is -0.0661. The van der Waals surface area contributed by atoms with E-state index in [0.717, 1.165) is 79.5 Å². The molecule has 2 fully saturated rings. The van der Waals surface area contributed by atoms with Crippen molar-refractivity contribution in [3.05, 3.63) is 42.5 Å². The van der Waals surface area contributed by atoms with Crippen molar-refractivity contribution in [2.45, 2.75) is 37.8 Å². The van der Waals surface area contributed by atoms with Crippen LogP contribution in [-0.4, -0.2) is 92.6 Å². The van der Waals surface area contributed by atoms with Gasteiger partial charge in [0.2, 0.25) is 5.95 Å². The molecule has 2 aliphatic heterocycles. The first-order valence-electron chi connectivity index (χ1n) is 12.8. The summed E-state index contributed by atoms with van der Waals surface area (Å²) in [6, 6.07) is 4.63. The summed E-state index contributed by atoms with van der Waals surface area (Å²) >= 11 is 0. The molecule has 10 nitrogen and oxygen atoms in total. The zero-order valence-corrected chi connectivity index (χ0v) is 20.9. The summed E-state index contributed by atoms with van der Waals surface area (Å²) in [6.45, 7) is 4.17. The fraction of sp³-hybridized carbons (Fsp3) is 0.462. The van der Waals surface area contributed by atoms with Gasteiger partial charge >= 0.3 is 0 Å². The van der Waals surface area contributed by atoms with Crippen LogP contribution in [0.25, 0.3) is 27.7 Å². The van der Waals surface area contributed by atoms with E-state index >= 15 is 0 Å². The molecule has 188 valence electrons. The Bertz CT molecular complexity index is 1380. The van der Waals surface area contributed by atoms with Crippen molar-refractivity contribution >= 4 is 28.4 Å². The maximum Gasteiger partial charge on any atom is 0.255 e. The number of aromatic nitrogens is 5. The van der Waals surface area contributed by atoms with Crippen molar-refractivity contribution in [2.75, 3.05) is 45.6 Å². The van der Waals surface area contributed by atoms with Crippen molar-refractivity contribution in [1.82, 2.24) is 39.7 Å². The van der Waals surface area contributed by atoms with Gasteiger partial charge in [0, 0.05) is 41.6 Å². The molecule has 36 heavy (non-hydrogen) atoms. The van der Waals surface area contributed by atoms with Gasteiger partial charge in [-0.1, -0.05) is 0 Å². The Morgan fingerprint density at radius 2 is 1.75 bits per heavy atom. The van der Waals surface area contributed by atoms with Gasteiger partial charge in [-0.3, -0.25) is 4.79 Å². The number of pyridine rings is 1. The fourth-order valence-corrected chi connectivity index (χ4v) is 5.29. The first-order chi connectivity index (χ1) is 17.5. The molecule has 0 aliphatic carbocycles. The Labute approximate surface area is 210 Å². The summed E-state index contributed by atoms with van der Waals surface area (Å²) in [6.07, 6.45) is 11.5. The second kappa shape index (κ2) is 9.51. The van der Waals surface area contributed by atoms with E-state index in [1.54, 1.807) is 10.7 Å². The van der Waals surface area contributed by atoms with E-state index in [4.69, 9.17) is 4.98 Å². The van der Waals surface area contributed by atoms with E-state index in [0.29, 0.717) is 17.6 Å². The van der Waals surface area contributed by atoms with Gasteiger partial charge in [0.1, 0.15) is 5.65 Å². The standard InChI is InChI=1S/C26H33N9O/c1-33-8-4-18(5-9-33)30-25(36)22-16-29-35-12-3-17(13-23(22)35)20-14-27-24-21(20)15-28-26(32-24)31-19-6-10-34(2)11-7-19/h3,12-16,18-19H,4-11H2,1-2H3,(H,30,36)(H2,27,28,31,32). The number of aromatic amines is 1. The van der Waals surface area contributed by atoms with Crippen LogP contribution in [0.2, 0.25) is 0 Å². The summed E-state index contributed by atoms with van der Waals surface area (Å²) in [5.74, 6) is 0.591. The topological polar surface area (TPSA) is 106 Å². The van der Waals surface area contributed by atoms with Gasteiger partial charge in [-0.25, -0.2) is 9.50 Å². The number of hydrogen-bond donors (Lipinski definition) is 3. The number of nitrogens with one attached hydrogen (secondary N) is 3. The molecule has 4 aromatic rings. The minimum absolute atomic E-state index is 0.0661. The number of rotatable bonds is 5. The zero-order chi connectivity index (χ0) is 24.6. The molecular formula is C26H33N9O. The molecule has 2 aliphatic rings. The smallest absolute Gasteiger partial charge is 0.255 e. The third kappa shape index (κ3) is 4.54. The summed E-state index contributed by atoms with van der Waals surface area (Å²) in [5, 5.41) is 12.1. The first kappa shape index (κ1) is 22.9. The highest BCUT2D eigenvalue weighted by atomic mass is 16.1. The lowest BCUT2D eigenvalue weighted by Crippen LogP contribution is -2.43. The second-order valence-electron chi connectivity index (χ2n) is 10.2. The van der Waals surface area contributed by atoms with Gasteiger partial charge in [0.05, 0.1) is 17.3 Å². The Kier molecular flexibility index (Phi) is 6.06. The maximum absolute atomic E-state index is 13.1. The summed E-state index contributed by atoms with van der Waals surface area (Å²) in [4.78, 5) is 30.4. The SMILES string of the molecule is CN1CCC(NC(=O)c2cnn3ccc(-c4c[nH]c5nc(NC6CCN(C)CC6)ncc45)cc23)CC1. The number of fused-ring (bicyclic) bond motifs is 2. The first-order valence-corrected chi connectivity index (χ1v) is 12.8. The van der Waals surface area contributed by atoms with E-state index in [-0.39, 0.29) is 11.9 Å². The van der Waals surface area contributed by atoms with E-state index in [9.17, 15) is 4.79 Å². The monoisotopic (exact) mass is 487 g/mol. The average molecular weight is 488 g/mol. The third-order valence-electron chi connectivity index (χ3n) is 7.61. The molecule has 0 unspecified atom stereocenters. The highest BCUT2D eigenvalue weighted by Gasteiger charge is 2.22. The van der Waals surface area contributed by atoms with Gasteiger partial charge in [0.15, 0.2) is 0 Å². The van der Waals surface area contributed by atoms with E-state index in [2.05, 4.69) is 49.6 Å². The average Bonchev–Trinajstić information content (AvgIpc) is 3.50. The molecule has 6 heterocycles. The largest absolute Gasteiger partial charge is 0.351 e. The lowest BCUT2D eigenvalue weighted by atomic mass is 10.0. The summed E-state index contributed by atoms with van der Waals surface area (Å²) in [7, 11) is 4.28. The molecule has 4 aromatic heterocycles.